The van der Waals surface area contributed by atoms with Gasteiger partial charge >= 0.3 is 0 Å². The van der Waals surface area contributed by atoms with Gasteiger partial charge in [0.2, 0.25) is 11.8 Å². The molecule has 1 amide bonds. The summed E-state index contributed by atoms with van der Waals surface area (Å²) < 4.78 is 10.7. The summed E-state index contributed by atoms with van der Waals surface area (Å²) in [6.45, 7) is 3.28. The molecule has 0 aliphatic heterocycles. The average molecular weight is 234 g/mol. The molecule has 0 radical (unpaired) electrons. The van der Waals surface area contributed by atoms with Crippen molar-refractivity contribution in [2.75, 3.05) is 7.11 Å². The van der Waals surface area contributed by atoms with Crippen LogP contribution in [0.1, 0.15) is 25.8 Å². The van der Waals surface area contributed by atoms with Crippen molar-refractivity contribution >= 4 is 17.0 Å². The number of carbonyl (C=O) groups is 1. The van der Waals surface area contributed by atoms with Crippen LogP contribution in [0.3, 0.4) is 0 Å². The van der Waals surface area contributed by atoms with E-state index in [4.69, 9.17) is 9.15 Å². The normalized spacial score (nSPS) is 12.4. The summed E-state index contributed by atoms with van der Waals surface area (Å²) in [5, 5.41) is 2.72. The Balaban J connectivity index is 2.33. The van der Waals surface area contributed by atoms with Crippen molar-refractivity contribution < 1.29 is 13.9 Å². The first kappa shape index (κ1) is 11.4. The van der Waals surface area contributed by atoms with Gasteiger partial charge in [-0.05, 0) is 19.1 Å². The number of rotatable bonds is 3. The van der Waals surface area contributed by atoms with E-state index in [0.29, 0.717) is 11.5 Å². The van der Waals surface area contributed by atoms with E-state index in [1.807, 2.05) is 6.92 Å². The van der Waals surface area contributed by atoms with Gasteiger partial charge in [-0.3, -0.25) is 4.79 Å². The number of fused-ring (bicyclic) bond motifs is 1. The maximum atomic E-state index is 10.9. The third kappa shape index (κ3) is 2.38. The van der Waals surface area contributed by atoms with Crippen LogP contribution < -0.4 is 10.1 Å². The van der Waals surface area contributed by atoms with Gasteiger partial charge in [-0.1, -0.05) is 0 Å². The molecule has 1 aromatic carbocycles. The Labute approximate surface area is 98.8 Å². The first-order chi connectivity index (χ1) is 8.10. The molecule has 1 unspecified atom stereocenters. The number of nitrogens with one attached hydrogen (secondary N) is 1. The van der Waals surface area contributed by atoms with Crippen molar-refractivity contribution in [2.24, 2.45) is 0 Å². The van der Waals surface area contributed by atoms with E-state index in [-0.39, 0.29) is 11.9 Å². The maximum absolute atomic E-state index is 10.9. The molecule has 1 aromatic heterocycles. The molecule has 0 saturated heterocycles. The van der Waals surface area contributed by atoms with Crippen LogP contribution >= 0.6 is 0 Å². The topological polar surface area (TPSA) is 64.4 Å². The van der Waals surface area contributed by atoms with Gasteiger partial charge in [-0.25, -0.2) is 4.98 Å². The lowest BCUT2D eigenvalue weighted by atomic mass is 10.3. The van der Waals surface area contributed by atoms with Gasteiger partial charge in [0.15, 0.2) is 5.58 Å². The summed E-state index contributed by atoms with van der Waals surface area (Å²) in [5.74, 6) is 1.10. The standard InChI is InChI=1S/C12H14N2O3/c1-7(13-8(2)15)12-14-10-6-9(16-3)4-5-11(10)17-12/h4-7H,1-3H3,(H,13,15). The van der Waals surface area contributed by atoms with Crippen molar-refractivity contribution in [3.05, 3.63) is 24.1 Å². The highest BCUT2D eigenvalue weighted by atomic mass is 16.5. The van der Waals surface area contributed by atoms with E-state index in [1.54, 1.807) is 25.3 Å². The predicted octanol–water partition coefficient (Wildman–Crippen LogP) is 2.03. The fourth-order valence-electron chi connectivity index (χ4n) is 1.60. The van der Waals surface area contributed by atoms with E-state index >= 15 is 0 Å². The summed E-state index contributed by atoms with van der Waals surface area (Å²) in [4.78, 5) is 15.3. The lowest BCUT2D eigenvalue weighted by Crippen LogP contribution is -2.23. The lowest BCUT2D eigenvalue weighted by molar-refractivity contribution is -0.119. The Morgan fingerprint density at radius 1 is 1.53 bits per heavy atom. The van der Waals surface area contributed by atoms with E-state index in [1.165, 1.54) is 6.92 Å². The number of oxazole rings is 1. The summed E-state index contributed by atoms with van der Waals surface area (Å²) in [7, 11) is 1.60. The molecule has 17 heavy (non-hydrogen) atoms. The minimum absolute atomic E-state index is 0.114. The highest BCUT2D eigenvalue weighted by Crippen LogP contribution is 2.23. The molecule has 0 aliphatic rings. The Morgan fingerprint density at radius 2 is 2.29 bits per heavy atom. The fraction of sp³-hybridized carbons (Fsp3) is 0.333. The number of hydrogen-bond acceptors (Lipinski definition) is 4. The number of hydrogen-bond donors (Lipinski definition) is 1. The molecule has 0 bridgehead atoms. The number of aromatic nitrogens is 1. The monoisotopic (exact) mass is 234 g/mol. The smallest absolute Gasteiger partial charge is 0.217 e. The number of methoxy groups -OCH3 is 1. The SMILES string of the molecule is COc1ccc2oc(C(C)NC(C)=O)nc2c1. The van der Waals surface area contributed by atoms with E-state index < -0.39 is 0 Å². The quantitative estimate of drug-likeness (QED) is 0.882. The molecule has 5 nitrogen and oxygen atoms in total. The summed E-state index contributed by atoms with van der Waals surface area (Å²) in [5.41, 5.74) is 1.40. The van der Waals surface area contributed by atoms with Crippen molar-refractivity contribution in [3.63, 3.8) is 0 Å². The number of nitrogens with zero attached hydrogens (tertiary/aromatic N) is 1. The third-order valence-electron chi connectivity index (χ3n) is 2.40. The van der Waals surface area contributed by atoms with Gasteiger partial charge in [0.25, 0.3) is 0 Å². The van der Waals surface area contributed by atoms with Gasteiger partial charge in [0.05, 0.1) is 7.11 Å². The van der Waals surface area contributed by atoms with Crippen LogP contribution in [0.4, 0.5) is 0 Å². The fourth-order valence-corrected chi connectivity index (χ4v) is 1.60. The van der Waals surface area contributed by atoms with Gasteiger partial charge in [0, 0.05) is 13.0 Å². The number of amides is 1. The van der Waals surface area contributed by atoms with Crippen LogP contribution in [-0.4, -0.2) is 18.0 Å². The van der Waals surface area contributed by atoms with Gasteiger partial charge < -0.3 is 14.5 Å². The summed E-state index contributed by atoms with van der Waals surface area (Å²) in [6.07, 6.45) is 0. The zero-order chi connectivity index (χ0) is 12.4. The van der Waals surface area contributed by atoms with E-state index in [2.05, 4.69) is 10.3 Å². The Kier molecular flexibility index (Phi) is 2.99. The van der Waals surface area contributed by atoms with Crippen molar-refractivity contribution in [3.8, 4) is 5.75 Å². The minimum Gasteiger partial charge on any atom is -0.497 e. The van der Waals surface area contributed by atoms with Crippen LogP contribution in [0.15, 0.2) is 22.6 Å². The van der Waals surface area contributed by atoms with Gasteiger partial charge in [-0.15, -0.1) is 0 Å². The summed E-state index contributed by atoms with van der Waals surface area (Å²) >= 11 is 0. The molecule has 2 rings (SSSR count). The third-order valence-corrected chi connectivity index (χ3v) is 2.40. The molecule has 90 valence electrons. The lowest BCUT2D eigenvalue weighted by Gasteiger charge is -2.06. The van der Waals surface area contributed by atoms with E-state index in [0.717, 1.165) is 11.3 Å². The van der Waals surface area contributed by atoms with Gasteiger partial charge in [0.1, 0.15) is 17.3 Å². The summed E-state index contributed by atoms with van der Waals surface area (Å²) in [6, 6.07) is 5.15. The Morgan fingerprint density at radius 3 is 2.94 bits per heavy atom. The predicted molar refractivity (Wildman–Crippen MR) is 62.8 cm³/mol. The first-order valence-electron chi connectivity index (χ1n) is 5.31. The number of benzene rings is 1. The molecule has 1 atom stereocenters. The molecule has 0 fully saturated rings. The Hall–Kier alpha value is -2.04. The van der Waals surface area contributed by atoms with Crippen LogP contribution in [-0.2, 0) is 4.79 Å². The minimum atomic E-state index is -0.245. The molecule has 0 spiro atoms. The van der Waals surface area contributed by atoms with Crippen LogP contribution in [0.5, 0.6) is 5.75 Å². The van der Waals surface area contributed by atoms with Crippen molar-refractivity contribution in [1.29, 1.82) is 0 Å². The first-order valence-corrected chi connectivity index (χ1v) is 5.31. The van der Waals surface area contributed by atoms with Crippen molar-refractivity contribution in [1.82, 2.24) is 10.3 Å². The number of ether oxygens (including phenoxy) is 1. The molecule has 2 aromatic rings. The zero-order valence-corrected chi connectivity index (χ0v) is 9.98. The highest BCUT2D eigenvalue weighted by Gasteiger charge is 2.14. The van der Waals surface area contributed by atoms with E-state index in [9.17, 15) is 4.79 Å². The molecule has 1 heterocycles. The molecule has 1 N–H and O–H groups in total. The molecular formula is C12H14N2O3. The highest BCUT2D eigenvalue weighted by molar-refractivity contribution is 5.75. The second-order valence-corrected chi connectivity index (χ2v) is 3.81. The van der Waals surface area contributed by atoms with Crippen LogP contribution in [0, 0.1) is 0 Å². The molecular weight excluding hydrogens is 220 g/mol. The second kappa shape index (κ2) is 4.45. The second-order valence-electron chi connectivity index (χ2n) is 3.81. The van der Waals surface area contributed by atoms with Crippen LogP contribution in [0.25, 0.3) is 11.1 Å². The largest absolute Gasteiger partial charge is 0.497 e. The van der Waals surface area contributed by atoms with Crippen LogP contribution in [0.2, 0.25) is 0 Å². The Bertz CT molecular complexity index is 548. The zero-order valence-electron chi connectivity index (χ0n) is 9.98. The molecule has 5 heteroatoms. The van der Waals surface area contributed by atoms with Crippen molar-refractivity contribution in [2.45, 2.75) is 19.9 Å². The maximum Gasteiger partial charge on any atom is 0.217 e. The number of carbonyl (C=O) groups excluding carboxylic acids is 1. The molecule has 0 saturated carbocycles. The van der Waals surface area contributed by atoms with Gasteiger partial charge in [-0.2, -0.15) is 0 Å². The average Bonchev–Trinajstić information content (AvgIpc) is 2.70. The molecule has 0 aliphatic carbocycles.